The largest absolute Gasteiger partial charge is 0.366 e. The highest BCUT2D eigenvalue weighted by Crippen LogP contribution is 2.24. The number of nitrogens with zero attached hydrogens (tertiary/aromatic N) is 3. The molecule has 2 aromatic carbocycles. The highest BCUT2D eigenvalue weighted by molar-refractivity contribution is 5.53. The first kappa shape index (κ1) is 15.9. The summed E-state index contributed by atoms with van der Waals surface area (Å²) in [4.78, 5) is 6.72. The molecule has 0 spiro atoms. The van der Waals surface area contributed by atoms with E-state index in [-0.39, 0.29) is 11.9 Å². The van der Waals surface area contributed by atoms with Crippen molar-refractivity contribution in [3.05, 3.63) is 71.9 Å². The lowest BCUT2D eigenvalue weighted by molar-refractivity contribution is -0.0475. The van der Waals surface area contributed by atoms with Gasteiger partial charge >= 0.3 is 0 Å². The van der Waals surface area contributed by atoms with Gasteiger partial charge in [0, 0.05) is 25.2 Å². The Morgan fingerprint density at radius 1 is 1.08 bits per heavy atom. The van der Waals surface area contributed by atoms with Gasteiger partial charge in [-0.05, 0) is 17.7 Å². The molecule has 0 unspecified atom stereocenters. The van der Waals surface area contributed by atoms with E-state index in [1.807, 2.05) is 30.3 Å². The Morgan fingerprint density at radius 3 is 2.68 bits per heavy atom. The topological polar surface area (TPSA) is 51.4 Å². The summed E-state index contributed by atoms with van der Waals surface area (Å²) >= 11 is 0. The van der Waals surface area contributed by atoms with E-state index in [4.69, 9.17) is 9.26 Å². The molecule has 5 nitrogen and oxygen atoms in total. The first-order valence-electron chi connectivity index (χ1n) is 8.25. The van der Waals surface area contributed by atoms with Gasteiger partial charge in [0.1, 0.15) is 11.9 Å². The second-order valence-electron chi connectivity index (χ2n) is 6.04. The van der Waals surface area contributed by atoms with Gasteiger partial charge in [-0.2, -0.15) is 4.98 Å². The third-order valence-corrected chi connectivity index (χ3v) is 4.22. The zero-order valence-corrected chi connectivity index (χ0v) is 13.6. The minimum atomic E-state index is -0.251. The van der Waals surface area contributed by atoms with Crippen molar-refractivity contribution in [3.63, 3.8) is 0 Å². The maximum absolute atomic E-state index is 13.0. The predicted molar refractivity (Wildman–Crippen MR) is 90.1 cm³/mol. The van der Waals surface area contributed by atoms with Crippen molar-refractivity contribution in [2.24, 2.45) is 0 Å². The van der Waals surface area contributed by atoms with Crippen molar-refractivity contribution in [1.82, 2.24) is 15.0 Å². The summed E-state index contributed by atoms with van der Waals surface area (Å²) in [6.07, 6.45) is -0.251. The van der Waals surface area contributed by atoms with Crippen LogP contribution in [0, 0.1) is 5.82 Å². The second kappa shape index (κ2) is 7.13. The lowest BCUT2D eigenvalue weighted by Crippen LogP contribution is -2.37. The molecule has 0 radical (unpaired) electrons. The molecule has 25 heavy (non-hydrogen) atoms. The number of morpholine rings is 1. The van der Waals surface area contributed by atoms with Crippen LogP contribution >= 0.6 is 0 Å². The average molecular weight is 339 g/mol. The first-order valence-corrected chi connectivity index (χ1v) is 8.25. The van der Waals surface area contributed by atoms with Crippen LogP contribution in [0.5, 0.6) is 0 Å². The third-order valence-electron chi connectivity index (χ3n) is 4.22. The minimum absolute atomic E-state index is 0.220. The molecule has 1 aliphatic heterocycles. The SMILES string of the molecule is Fc1ccc(CN2CCO[C@H](c3nc(-c4ccccc4)no3)C2)cc1. The van der Waals surface area contributed by atoms with Crippen LogP contribution in [0.4, 0.5) is 4.39 Å². The van der Waals surface area contributed by atoms with Crippen molar-refractivity contribution in [1.29, 1.82) is 0 Å². The lowest BCUT2D eigenvalue weighted by atomic mass is 10.2. The van der Waals surface area contributed by atoms with Crippen LogP contribution in [0.2, 0.25) is 0 Å². The number of ether oxygens (including phenoxy) is 1. The van der Waals surface area contributed by atoms with Gasteiger partial charge in [-0.3, -0.25) is 4.90 Å². The van der Waals surface area contributed by atoms with E-state index < -0.39 is 0 Å². The molecule has 0 bridgehead atoms. The summed E-state index contributed by atoms with van der Waals surface area (Å²) in [5, 5.41) is 4.05. The normalized spacial score (nSPS) is 18.4. The van der Waals surface area contributed by atoms with Gasteiger partial charge in [-0.25, -0.2) is 4.39 Å². The number of hydrogen-bond acceptors (Lipinski definition) is 5. The Hall–Kier alpha value is -2.57. The third kappa shape index (κ3) is 3.75. The van der Waals surface area contributed by atoms with Gasteiger partial charge in [0.2, 0.25) is 5.82 Å². The molecule has 1 atom stereocenters. The van der Waals surface area contributed by atoms with E-state index in [0.29, 0.717) is 24.9 Å². The number of aromatic nitrogens is 2. The van der Waals surface area contributed by atoms with Crippen LogP contribution < -0.4 is 0 Å². The van der Waals surface area contributed by atoms with Crippen LogP contribution in [0.25, 0.3) is 11.4 Å². The monoisotopic (exact) mass is 339 g/mol. The summed E-state index contributed by atoms with van der Waals surface area (Å²) in [6.45, 7) is 2.80. The summed E-state index contributed by atoms with van der Waals surface area (Å²) in [6, 6.07) is 16.3. The molecular formula is C19H18FN3O2. The number of benzene rings is 2. The van der Waals surface area contributed by atoms with Gasteiger partial charge in [0.05, 0.1) is 6.61 Å². The van der Waals surface area contributed by atoms with Crippen LogP contribution in [-0.2, 0) is 11.3 Å². The van der Waals surface area contributed by atoms with Crippen molar-refractivity contribution < 1.29 is 13.7 Å². The molecule has 0 saturated carbocycles. The minimum Gasteiger partial charge on any atom is -0.366 e. The summed E-state index contributed by atoms with van der Waals surface area (Å²) < 4.78 is 24.2. The maximum atomic E-state index is 13.0. The standard InChI is InChI=1S/C19H18FN3O2/c20-16-8-6-14(7-9-16)12-23-10-11-24-17(13-23)19-21-18(22-25-19)15-4-2-1-3-5-15/h1-9,17H,10-13H2/t17-/m0/s1. The van der Waals surface area contributed by atoms with E-state index in [9.17, 15) is 4.39 Å². The molecule has 1 aromatic heterocycles. The van der Waals surface area contributed by atoms with Gasteiger partial charge < -0.3 is 9.26 Å². The highest BCUT2D eigenvalue weighted by atomic mass is 19.1. The highest BCUT2D eigenvalue weighted by Gasteiger charge is 2.27. The van der Waals surface area contributed by atoms with E-state index in [2.05, 4.69) is 15.0 Å². The molecule has 128 valence electrons. The van der Waals surface area contributed by atoms with Crippen molar-refractivity contribution in [2.75, 3.05) is 19.7 Å². The Balaban J connectivity index is 1.44. The Morgan fingerprint density at radius 2 is 1.88 bits per heavy atom. The fourth-order valence-electron chi connectivity index (χ4n) is 2.91. The zero-order chi connectivity index (χ0) is 17.1. The average Bonchev–Trinajstić information content (AvgIpc) is 3.15. The Kier molecular flexibility index (Phi) is 4.54. The second-order valence-corrected chi connectivity index (χ2v) is 6.04. The van der Waals surface area contributed by atoms with E-state index >= 15 is 0 Å². The lowest BCUT2D eigenvalue weighted by Gasteiger charge is -2.31. The van der Waals surface area contributed by atoms with Crippen molar-refractivity contribution in [2.45, 2.75) is 12.6 Å². The fourth-order valence-corrected chi connectivity index (χ4v) is 2.91. The van der Waals surface area contributed by atoms with Gasteiger partial charge in [0.25, 0.3) is 5.89 Å². The van der Waals surface area contributed by atoms with Crippen LogP contribution in [-0.4, -0.2) is 34.7 Å². The summed E-state index contributed by atoms with van der Waals surface area (Å²) in [5.41, 5.74) is 1.98. The molecule has 1 aliphatic rings. The Bertz CT molecular complexity index is 820. The van der Waals surface area contributed by atoms with Crippen molar-refractivity contribution in [3.8, 4) is 11.4 Å². The van der Waals surface area contributed by atoms with E-state index in [1.165, 1.54) is 12.1 Å². The molecule has 0 N–H and O–H groups in total. The zero-order valence-electron chi connectivity index (χ0n) is 13.6. The molecule has 1 saturated heterocycles. The molecule has 4 rings (SSSR count). The molecule has 2 heterocycles. The van der Waals surface area contributed by atoms with Crippen LogP contribution in [0.3, 0.4) is 0 Å². The molecule has 0 amide bonds. The first-order chi connectivity index (χ1) is 12.3. The fraction of sp³-hybridized carbons (Fsp3) is 0.263. The molecule has 1 fully saturated rings. The van der Waals surface area contributed by atoms with Crippen LogP contribution in [0.15, 0.2) is 59.1 Å². The maximum Gasteiger partial charge on any atom is 0.257 e. The number of hydrogen-bond donors (Lipinski definition) is 0. The quantitative estimate of drug-likeness (QED) is 0.729. The number of halogens is 1. The summed E-state index contributed by atoms with van der Waals surface area (Å²) in [7, 11) is 0. The molecule has 6 heteroatoms. The van der Waals surface area contributed by atoms with Crippen LogP contribution in [0.1, 0.15) is 17.6 Å². The Labute approximate surface area is 145 Å². The van der Waals surface area contributed by atoms with Crippen molar-refractivity contribution >= 4 is 0 Å². The smallest absolute Gasteiger partial charge is 0.257 e. The molecule has 0 aliphatic carbocycles. The van der Waals surface area contributed by atoms with E-state index in [0.717, 1.165) is 24.2 Å². The molecular weight excluding hydrogens is 321 g/mol. The van der Waals surface area contributed by atoms with Gasteiger partial charge in [0.15, 0.2) is 0 Å². The van der Waals surface area contributed by atoms with Gasteiger partial charge in [-0.15, -0.1) is 0 Å². The molecule has 3 aromatic rings. The summed E-state index contributed by atoms with van der Waals surface area (Å²) in [5.74, 6) is 0.834. The van der Waals surface area contributed by atoms with Gasteiger partial charge in [-0.1, -0.05) is 47.6 Å². The predicted octanol–water partition coefficient (Wildman–Crippen LogP) is 3.45. The number of rotatable bonds is 4. The van der Waals surface area contributed by atoms with E-state index in [1.54, 1.807) is 12.1 Å².